The van der Waals surface area contributed by atoms with Gasteiger partial charge in [-0.1, -0.05) is 18.2 Å². The van der Waals surface area contributed by atoms with Gasteiger partial charge in [-0.15, -0.1) is 0 Å². The van der Waals surface area contributed by atoms with Gasteiger partial charge in [-0.25, -0.2) is 4.79 Å². The molecular formula is C23H34N6O6S. The smallest absolute Gasteiger partial charge is 0.326 e. The first-order chi connectivity index (χ1) is 17.2. The van der Waals surface area contributed by atoms with Crippen LogP contribution in [0.4, 0.5) is 0 Å². The fraction of sp³-hybridized carbons (Fsp3) is 0.478. The van der Waals surface area contributed by atoms with E-state index in [1.165, 1.54) is 0 Å². The van der Waals surface area contributed by atoms with Gasteiger partial charge in [0.2, 0.25) is 17.7 Å². The lowest BCUT2D eigenvalue weighted by molar-refractivity contribution is -0.142. The number of benzene rings is 1. The predicted molar refractivity (Wildman–Crippen MR) is 137 cm³/mol. The number of unbranched alkanes of at least 4 members (excludes halogenated alkanes) is 1. The lowest BCUT2D eigenvalue weighted by Gasteiger charge is -2.24. The van der Waals surface area contributed by atoms with Crippen LogP contribution in [0.25, 0.3) is 10.9 Å². The first-order valence-electron chi connectivity index (χ1n) is 11.6. The van der Waals surface area contributed by atoms with E-state index in [4.69, 9.17) is 11.5 Å². The van der Waals surface area contributed by atoms with E-state index in [0.29, 0.717) is 19.4 Å². The maximum atomic E-state index is 13.1. The molecule has 0 aliphatic rings. The number of aliphatic carboxylic acids is 1. The number of aliphatic hydroxyl groups excluding tert-OH is 1. The molecule has 0 aliphatic heterocycles. The number of hydrogen-bond acceptors (Lipinski definition) is 8. The fourth-order valence-corrected chi connectivity index (χ4v) is 3.75. The summed E-state index contributed by atoms with van der Waals surface area (Å²) in [5.74, 6) is -3.41. The maximum absolute atomic E-state index is 13.1. The predicted octanol–water partition coefficient (Wildman–Crippen LogP) is -1.37. The van der Waals surface area contributed by atoms with Crippen LogP contribution in [0.2, 0.25) is 0 Å². The van der Waals surface area contributed by atoms with Gasteiger partial charge in [-0.05, 0) is 37.4 Å². The third-order valence-corrected chi connectivity index (χ3v) is 6.04. The van der Waals surface area contributed by atoms with Crippen LogP contribution in [0.3, 0.4) is 0 Å². The van der Waals surface area contributed by atoms with Gasteiger partial charge < -0.3 is 42.6 Å². The molecule has 36 heavy (non-hydrogen) atoms. The van der Waals surface area contributed by atoms with Crippen LogP contribution in [0.5, 0.6) is 0 Å². The van der Waals surface area contributed by atoms with Crippen LogP contribution in [-0.4, -0.2) is 82.0 Å². The van der Waals surface area contributed by atoms with E-state index >= 15 is 0 Å². The summed E-state index contributed by atoms with van der Waals surface area (Å²) >= 11 is 4.01. The largest absolute Gasteiger partial charge is 0.480 e. The molecule has 0 saturated heterocycles. The minimum atomic E-state index is -1.44. The molecule has 0 radical (unpaired) electrons. The number of aromatic nitrogens is 1. The molecule has 4 atom stereocenters. The summed E-state index contributed by atoms with van der Waals surface area (Å²) in [6, 6.07) is 2.67. The second kappa shape index (κ2) is 14.4. The van der Waals surface area contributed by atoms with Gasteiger partial charge in [-0.3, -0.25) is 14.4 Å². The standard InChI is InChI=1S/C23H34N6O6S/c24-8-4-3-7-17(23(34)35)27-22(33)19(11-30)29-21(32)18(28-20(31)15(25)12-36)9-13-10-26-16-6-2-1-5-14(13)16/h1-2,5-6,10,15,17-19,26,30,36H,3-4,7-9,11-12,24-25H2,(H,27,33)(H,28,31)(H,29,32)(H,34,35). The van der Waals surface area contributed by atoms with E-state index in [2.05, 4.69) is 33.6 Å². The van der Waals surface area contributed by atoms with Crippen molar-refractivity contribution in [3.05, 3.63) is 36.0 Å². The molecule has 1 aromatic carbocycles. The SMILES string of the molecule is NCCCCC(NC(=O)C(CO)NC(=O)C(Cc1c[nH]c2ccccc12)NC(=O)C(N)CS)C(=O)O. The molecule has 198 valence electrons. The van der Waals surface area contributed by atoms with Crippen molar-refractivity contribution in [2.45, 2.75) is 49.9 Å². The summed E-state index contributed by atoms with van der Waals surface area (Å²) in [7, 11) is 0. The van der Waals surface area contributed by atoms with E-state index in [0.717, 1.165) is 16.5 Å². The van der Waals surface area contributed by atoms with Crippen molar-refractivity contribution in [1.82, 2.24) is 20.9 Å². The summed E-state index contributed by atoms with van der Waals surface area (Å²) < 4.78 is 0. The highest BCUT2D eigenvalue weighted by Gasteiger charge is 2.30. The third-order valence-electron chi connectivity index (χ3n) is 5.64. The van der Waals surface area contributed by atoms with Crippen LogP contribution in [0.1, 0.15) is 24.8 Å². The first kappa shape index (κ1) is 29.1. The highest BCUT2D eigenvalue weighted by atomic mass is 32.1. The lowest BCUT2D eigenvalue weighted by atomic mass is 10.0. The number of nitrogens with two attached hydrogens (primary N) is 2. The molecule has 1 heterocycles. The van der Waals surface area contributed by atoms with Crippen molar-refractivity contribution < 1.29 is 29.4 Å². The minimum Gasteiger partial charge on any atom is -0.480 e. The molecule has 3 amide bonds. The van der Waals surface area contributed by atoms with Gasteiger partial charge in [0.1, 0.15) is 18.1 Å². The zero-order chi connectivity index (χ0) is 26.7. The van der Waals surface area contributed by atoms with Crippen LogP contribution < -0.4 is 27.4 Å². The van der Waals surface area contributed by atoms with Crippen molar-refractivity contribution in [3.63, 3.8) is 0 Å². The number of amides is 3. The number of fused-ring (bicyclic) bond motifs is 1. The van der Waals surface area contributed by atoms with Crippen LogP contribution in [0, 0.1) is 0 Å². The first-order valence-corrected chi connectivity index (χ1v) is 12.2. The maximum Gasteiger partial charge on any atom is 0.326 e. The molecule has 0 bridgehead atoms. The number of para-hydroxylation sites is 1. The summed E-state index contributed by atoms with van der Waals surface area (Å²) in [6.07, 6.45) is 2.99. The van der Waals surface area contributed by atoms with Gasteiger partial charge in [0.25, 0.3) is 0 Å². The summed E-state index contributed by atoms with van der Waals surface area (Å²) in [5, 5.41) is 27.3. The molecule has 2 aromatic rings. The molecule has 1 aromatic heterocycles. The second-order valence-electron chi connectivity index (χ2n) is 8.34. The average molecular weight is 523 g/mol. The molecule has 0 spiro atoms. The Balaban J connectivity index is 2.17. The number of H-pyrrole nitrogens is 1. The van der Waals surface area contributed by atoms with Crippen molar-refractivity contribution >= 4 is 47.2 Å². The van der Waals surface area contributed by atoms with Crippen molar-refractivity contribution in [3.8, 4) is 0 Å². The Morgan fingerprint density at radius 1 is 0.972 bits per heavy atom. The molecule has 0 fully saturated rings. The van der Waals surface area contributed by atoms with Crippen LogP contribution >= 0.6 is 12.6 Å². The number of nitrogens with one attached hydrogen (secondary N) is 4. The molecule has 13 heteroatoms. The average Bonchev–Trinajstić information content (AvgIpc) is 3.28. The molecular weight excluding hydrogens is 488 g/mol. The number of thiol groups is 1. The summed E-state index contributed by atoms with van der Waals surface area (Å²) in [4.78, 5) is 52.8. The Hall–Kier alpha value is -3.13. The summed E-state index contributed by atoms with van der Waals surface area (Å²) in [5.41, 5.74) is 12.7. The van der Waals surface area contributed by atoms with Gasteiger partial charge in [0.05, 0.1) is 12.6 Å². The Bertz CT molecular complexity index is 1050. The monoisotopic (exact) mass is 522 g/mol. The molecule has 2 rings (SSSR count). The Labute approximate surface area is 214 Å². The zero-order valence-electron chi connectivity index (χ0n) is 19.8. The highest BCUT2D eigenvalue weighted by Crippen LogP contribution is 2.19. The topological polar surface area (TPSA) is 213 Å². The normalized spacial score (nSPS) is 14.4. The number of carboxylic acid groups (broad SMARTS) is 1. The number of hydrogen-bond donors (Lipinski definition) is 9. The molecule has 4 unspecified atom stereocenters. The van der Waals surface area contributed by atoms with Gasteiger partial charge in [0.15, 0.2) is 0 Å². The highest BCUT2D eigenvalue weighted by molar-refractivity contribution is 7.80. The van der Waals surface area contributed by atoms with Crippen LogP contribution in [-0.2, 0) is 25.6 Å². The van der Waals surface area contributed by atoms with Crippen LogP contribution in [0.15, 0.2) is 30.5 Å². The molecule has 0 saturated carbocycles. The number of carbonyl (C=O) groups excluding carboxylic acids is 3. The van der Waals surface area contributed by atoms with E-state index in [1.54, 1.807) is 6.20 Å². The number of rotatable bonds is 15. The number of carbonyl (C=O) groups is 4. The van der Waals surface area contributed by atoms with E-state index in [9.17, 15) is 29.4 Å². The Morgan fingerprint density at radius 2 is 1.61 bits per heavy atom. The van der Waals surface area contributed by atoms with Crippen molar-refractivity contribution in [2.75, 3.05) is 18.9 Å². The lowest BCUT2D eigenvalue weighted by Crippen LogP contribution is -2.58. The minimum absolute atomic E-state index is 0.0513. The van der Waals surface area contributed by atoms with E-state index in [1.807, 2.05) is 24.3 Å². The summed E-state index contributed by atoms with van der Waals surface area (Å²) in [6.45, 7) is -0.396. The van der Waals surface area contributed by atoms with Crippen molar-refractivity contribution in [2.24, 2.45) is 11.5 Å². The van der Waals surface area contributed by atoms with Crippen molar-refractivity contribution in [1.29, 1.82) is 0 Å². The quantitative estimate of drug-likeness (QED) is 0.100. The number of aliphatic hydroxyl groups is 1. The fourth-order valence-electron chi connectivity index (χ4n) is 3.58. The van der Waals surface area contributed by atoms with Gasteiger partial charge in [0, 0.05) is 29.3 Å². The third kappa shape index (κ3) is 8.22. The Kier molecular flexibility index (Phi) is 11.7. The molecule has 10 N–H and O–H groups in total. The Morgan fingerprint density at radius 3 is 2.25 bits per heavy atom. The second-order valence-corrected chi connectivity index (χ2v) is 8.71. The van der Waals surface area contributed by atoms with Gasteiger partial charge >= 0.3 is 5.97 Å². The number of aromatic amines is 1. The molecule has 0 aliphatic carbocycles. The van der Waals surface area contributed by atoms with E-state index < -0.39 is 54.5 Å². The number of carboxylic acids is 1. The molecule has 12 nitrogen and oxygen atoms in total. The van der Waals surface area contributed by atoms with Gasteiger partial charge in [-0.2, -0.15) is 12.6 Å². The zero-order valence-corrected chi connectivity index (χ0v) is 20.7. The van der Waals surface area contributed by atoms with E-state index in [-0.39, 0.29) is 18.6 Å².